The third-order valence-corrected chi connectivity index (χ3v) is 5.17. The Labute approximate surface area is 132 Å². The number of aliphatic carboxylic acids is 1. The number of carbonyl (C=O) groups excluding carboxylic acids is 3. The number of thiophene rings is 1. The molecule has 1 aromatic rings. The van der Waals surface area contributed by atoms with Gasteiger partial charge >= 0.3 is 0 Å². The Hall–Kier alpha value is -1.89. The summed E-state index contributed by atoms with van der Waals surface area (Å²) in [5.41, 5.74) is 6.79. The zero-order chi connectivity index (χ0) is 16.3. The second kappa shape index (κ2) is 6.91. The molecule has 1 aromatic heterocycles. The summed E-state index contributed by atoms with van der Waals surface area (Å²) in [6.07, 6.45) is 3.25. The van der Waals surface area contributed by atoms with Crippen molar-refractivity contribution in [1.82, 2.24) is 0 Å². The summed E-state index contributed by atoms with van der Waals surface area (Å²) in [4.78, 5) is 35.0. The quantitative estimate of drug-likeness (QED) is 0.807. The minimum Gasteiger partial charge on any atom is -0.550 e. The Kier molecular flexibility index (Phi) is 5.18. The number of hydrogen-bond donors (Lipinski definition) is 2. The molecule has 1 aliphatic carbocycles. The molecule has 0 unspecified atom stereocenters. The van der Waals surface area contributed by atoms with Gasteiger partial charge in [0.25, 0.3) is 5.91 Å². The van der Waals surface area contributed by atoms with Gasteiger partial charge in [0, 0.05) is 17.3 Å². The van der Waals surface area contributed by atoms with Crippen molar-refractivity contribution in [2.24, 2.45) is 11.7 Å². The average Bonchev–Trinajstić information content (AvgIpc) is 2.81. The summed E-state index contributed by atoms with van der Waals surface area (Å²) in [7, 11) is 0. The third-order valence-electron chi connectivity index (χ3n) is 4.00. The average molecular weight is 323 g/mol. The number of primary amides is 1. The van der Waals surface area contributed by atoms with E-state index in [-0.39, 0.29) is 12.8 Å². The van der Waals surface area contributed by atoms with Gasteiger partial charge in [-0.3, -0.25) is 9.59 Å². The zero-order valence-corrected chi connectivity index (χ0v) is 13.3. The summed E-state index contributed by atoms with van der Waals surface area (Å²) < 4.78 is 0. The molecule has 0 aliphatic heterocycles. The fraction of sp³-hybridized carbons (Fsp3) is 0.533. The standard InChI is InChI=1S/C15H20N2O4S/c1-2-8-3-4-9-10(7-8)22-15(13(9)14(16)21)17-11(18)5-6-12(19)20/h8H,2-7H2,1H3,(H2,16,21)(H,17,18)(H,19,20)/p-1/t8-/m1/s1. The second-order valence-corrected chi connectivity index (χ2v) is 6.61. The van der Waals surface area contributed by atoms with E-state index in [0.29, 0.717) is 16.5 Å². The number of carbonyl (C=O) groups is 3. The Morgan fingerprint density at radius 1 is 1.36 bits per heavy atom. The first-order valence-electron chi connectivity index (χ1n) is 7.36. The van der Waals surface area contributed by atoms with Crippen molar-refractivity contribution in [1.29, 1.82) is 0 Å². The van der Waals surface area contributed by atoms with Gasteiger partial charge in [-0.1, -0.05) is 13.3 Å². The number of carboxylic acids is 1. The SMILES string of the molecule is CC[C@@H]1CCc2c(sc(NC(=O)CCC(=O)[O-])c2C(N)=O)C1. The molecule has 0 spiro atoms. The van der Waals surface area contributed by atoms with Crippen LogP contribution in [-0.4, -0.2) is 17.8 Å². The Balaban J connectivity index is 2.20. The highest BCUT2D eigenvalue weighted by atomic mass is 32.1. The topological polar surface area (TPSA) is 112 Å². The van der Waals surface area contributed by atoms with E-state index in [0.717, 1.165) is 36.1 Å². The molecular formula is C15H19N2O4S-. The number of rotatable bonds is 6. The molecular weight excluding hydrogens is 304 g/mol. The van der Waals surface area contributed by atoms with Crippen LogP contribution in [0.4, 0.5) is 5.00 Å². The van der Waals surface area contributed by atoms with E-state index in [2.05, 4.69) is 12.2 Å². The monoisotopic (exact) mass is 323 g/mol. The van der Waals surface area contributed by atoms with Crippen LogP contribution < -0.4 is 16.2 Å². The predicted octanol–water partition coefficient (Wildman–Crippen LogP) is 0.830. The van der Waals surface area contributed by atoms with Gasteiger partial charge in [0.2, 0.25) is 5.91 Å². The first-order chi connectivity index (χ1) is 10.4. The molecule has 0 bridgehead atoms. The molecule has 2 amide bonds. The van der Waals surface area contributed by atoms with Crippen LogP contribution in [-0.2, 0) is 22.4 Å². The number of hydrogen-bond acceptors (Lipinski definition) is 5. The molecule has 0 aromatic carbocycles. The van der Waals surface area contributed by atoms with Crippen molar-refractivity contribution in [2.45, 2.75) is 45.4 Å². The number of amides is 2. The van der Waals surface area contributed by atoms with Crippen LogP contribution in [0.3, 0.4) is 0 Å². The molecule has 22 heavy (non-hydrogen) atoms. The van der Waals surface area contributed by atoms with Gasteiger partial charge in [0.05, 0.1) is 5.56 Å². The molecule has 120 valence electrons. The summed E-state index contributed by atoms with van der Waals surface area (Å²) in [6.45, 7) is 2.14. The Morgan fingerprint density at radius 2 is 2.09 bits per heavy atom. The van der Waals surface area contributed by atoms with E-state index in [9.17, 15) is 19.5 Å². The van der Waals surface area contributed by atoms with Crippen LogP contribution in [0.25, 0.3) is 0 Å². The molecule has 7 heteroatoms. The van der Waals surface area contributed by atoms with E-state index in [1.54, 1.807) is 0 Å². The smallest absolute Gasteiger partial charge is 0.251 e. The molecule has 0 radical (unpaired) electrons. The van der Waals surface area contributed by atoms with Crippen LogP contribution in [0.5, 0.6) is 0 Å². The van der Waals surface area contributed by atoms with Crippen LogP contribution in [0.2, 0.25) is 0 Å². The maximum Gasteiger partial charge on any atom is 0.251 e. The fourth-order valence-electron chi connectivity index (χ4n) is 2.76. The van der Waals surface area contributed by atoms with Crippen molar-refractivity contribution < 1.29 is 19.5 Å². The van der Waals surface area contributed by atoms with E-state index in [1.165, 1.54) is 11.3 Å². The van der Waals surface area contributed by atoms with E-state index in [1.807, 2.05) is 0 Å². The molecule has 1 aliphatic rings. The largest absolute Gasteiger partial charge is 0.550 e. The summed E-state index contributed by atoms with van der Waals surface area (Å²) >= 11 is 1.38. The van der Waals surface area contributed by atoms with Crippen molar-refractivity contribution in [2.75, 3.05) is 5.32 Å². The lowest BCUT2D eigenvalue weighted by Gasteiger charge is -2.20. The molecule has 0 saturated heterocycles. The highest BCUT2D eigenvalue weighted by molar-refractivity contribution is 7.17. The highest BCUT2D eigenvalue weighted by Crippen LogP contribution is 2.40. The van der Waals surface area contributed by atoms with Gasteiger partial charge in [-0.05, 0) is 37.2 Å². The summed E-state index contributed by atoms with van der Waals surface area (Å²) in [5, 5.41) is 13.5. The van der Waals surface area contributed by atoms with Gasteiger partial charge in [-0.15, -0.1) is 11.3 Å². The van der Waals surface area contributed by atoms with E-state index < -0.39 is 17.8 Å². The molecule has 6 nitrogen and oxygen atoms in total. The van der Waals surface area contributed by atoms with Crippen molar-refractivity contribution >= 4 is 34.1 Å². The normalized spacial score (nSPS) is 16.9. The number of nitrogens with one attached hydrogen (secondary N) is 1. The number of carboxylic acid groups (broad SMARTS) is 1. The van der Waals surface area contributed by atoms with Crippen LogP contribution >= 0.6 is 11.3 Å². The Bertz CT molecular complexity index is 609. The van der Waals surface area contributed by atoms with Crippen molar-refractivity contribution in [3.05, 3.63) is 16.0 Å². The predicted molar refractivity (Wildman–Crippen MR) is 81.5 cm³/mol. The fourth-order valence-corrected chi connectivity index (χ4v) is 4.14. The third kappa shape index (κ3) is 3.65. The number of fused-ring (bicyclic) bond motifs is 1. The number of anilines is 1. The minimum absolute atomic E-state index is 0.180. The Morgan fingerprint density at radius 3 is 2.68 bits per heavy atom. The van der Waals surface area contributed by atoms with Crippen LogP contribution in [0.1, 0.15) is 53.4 Å². The minimum atomic E-state index is -1.28. The van der Waals surface area contributed by atoms with Crippen molar-refractivity contribution in [3.8, 4) is 0 Å². The summed E-state index contributed by atoms with van der Waals surface area (Å²) in [5.74, 6) is -1.69. The van der Waals surface area contributed by atoms with Gasteiger partial charge in [0.15, 0.2) is 0 Å². The first kappa shape index (κ1) is 16.5. The van der Waals surface area contributed by atoms with Gasteiger partial charge in [0.1, 0.15) is 5.00 Å². The second-order valence-electron chi connectivity index (χ2n) is 5.51. The van der Waals surface area contributed by atoms with Crippen LogP contribution in [0.15, 0.2) is 0 Å². The molecule has 0 saturated carbocycles. The van der Waals surface area contributed by atoms with Gasteiger partial charge in [-0.2, -0.15) is 0 Å². The zero-order valence-electron chi connectivity index (χ0n) is 12.4. The maximum absolute atomic E-state index is 11.8. The summed E-state index contributed by atoms with van der Waals surface area (Å²) in [6, 6.07) is 0. The molecule has 0 fully saturated rings. The highest BCUT2D eigenvalue weighted by Gasteiger charge is 2.27. The molecule has 2 rings (SSSR count). The lowest BCUT2D eigenvalue weighted by atomic mass is 9.85. The lowest BCUT2D eigenvalue weighted by Crippen LogP contribution is -2.24. The first-order valence-corrected chi connectivity index (χ1v) is 8.18. The van der Waals surface area contributed by atoms with Gasteiger partial charge < -0.3 is 21.0 Å². The number of nitrogens with two attached hydrogens (primary N) is 1. The van der Waals surface area contributed by atoms with E-state index in [4.69, 9.17) is 5.73 Å². The van der Waals surface area contributed by atoms with Gasteiger partial charge in [-0.25, -0.2) is 0 Å². The maximum atomic E-state index is 11.8. The molecule has 1 atom stereocenters. The lowest BCUT2D eigenvalue weighted by molar-refractivity contribution is -0.305. The molecule has 1 heterocycles. The van der Waals surface area contributed by atoms with Crippen molar-refractivity contribution in [3.63, 3.8) is 0 Å². The van der Waals surface area contributed by atoms with E-state index >= 15 is 0 Å². The molecule has 3 N–H and O–H groups in total. The van der Waals surface area contributed by atoms with Crippen LogP contribution in [0, 0.1) is 5.92 Å².